The van der Waals surface area contributed by atoms with Crippen LogP contribution in [-0.4, -0.2) is 21.2 Å². The number of nitrogens with zero attached hydrogens (tertiary/aromatic N) is 1. The number of rotatable bonds is 2. The van der Waals surface area contributed by atoms with Crippen LogP contribution in [0.2, 0.25) is 0 Å². The summed E-state index contributed by atoms with van der Waals surface area (Å²) in [6, 6.07) is 2.98. The Labute approximate surface area is 82.2 Å². The standard InChI is InChI=1S/C10H13NO3/c1-6-7(9(12)13)4-5-8(11-6)10(2,3)14/h4-5,14H,1-3H3,(H,12,13). The summed E-state index contributed by atoms with van der Waals surface area (Å²) in [6.07, 6.45) is 0. The Kier molecular flexibility index (Phi) is 2.57. The number of hydrogen-bond donors (Lipinski definition) is 2. The quantitative estimate of drug-likeness (QED) is 0.746. The molecule has 0 aliphatic heterocycles. The number of carbonyl (C=O) groups is 1. The number of carboxylic acid groups (broad SMARTS) is 1. The number of aromatic nitrogens is 1. The van der Waals surface area contributed by atoms with Crippen molar-refractivity contribution in [1.29, 1.82) is 0 Å². The van der Waals surface area contributed by atoms with Crippen LogP contribution in [0, 0.1) is 6.92 Å². The van der Waals surface area contributed by atoms with Crippen LogP contribution < -0.4 is 0 Å². The minimum Gasteiger partial charge on any atom is -0.478 e. The van der Waals surface area contributed by atoms with E-state index in [1.54, 1.807) is 20.8 Å². The molecule has 0 unspecified atom stereocenters. The maximum atomic E-state index is 10.7. The molecule has 1 rings (SSSR count). The molecule has 0 bridgehead atoms. The van der Waals surface area contributed by atoms with Crippen molar-refractivity contribution in [3.8, 4) is 0 Å². The maximum absolute atomic E-state index is 10.7. The molecule has 0 saturated carbocycles. The maximum Gasteiger partial charge on any atom is 0.337 e. The molecule has 2 N–H and O–H groups in total. The number of aryl methyl sites for hydroxylation is 1. The van der Waals surface area contributed by atoms with Crippen molar-refractivity contribution in [1.82, 2.24) is 4.98 Å². The topological polar surface area (TPSA) is 70.4 Å². The van der Waals surface area contributed by atoms with E-state index in [1.807, 2.05) is 0 Å². The van der Waals surface area contributed by atoms with E-state index in [0.717, 1.165) is 0 Å². The number of aromatic carboxylic acids is 1. The van der Waals surface area contributed by atoms with Crippen molar-refractivity contribution in [2.24, 2.45) is 0 Å². The van der Waals surface area contributed by atoms with Gasteiger partial charge >= 0.3 is 5.97 Å². The van der Waals surface area contributed by atoms with Crippen LogP contribution in [0.25, 0.3) is 0 Å². The first-order valence-electron chi connectivity index (χ1n) is 4.26. The largest absolute Gasteiger partial charge is 0.478 e. The third kappa shape index (κ3) is 2.09. The molecule has 4 heteroatoms. The molecule has 0 aliphatic rings. The van der Waals surface area contributed by atoms with Crippen molar-refractivity contribution < 1.29 is 15.0 Å². The van der Waals surface area contributed by atoms with Gasteiger partial charge < -0.3 is 10.2 Å². The van der Waals surface area contributed by atoms with Crippen molar-refractivity contribution in [2.75, 3.05) is 0 Å². The summed E-state index contributed by atoms with van der Waals surface area (Å²) >= 11 is 0. The van der Waals surface area contributed by atoms with Gasteiger partial charge in [-0.15, -0.1) is 0 Å². The third-order valence-corrected chi connectivity index (χ3v) is 1.94. The summed E-state index contributed by atoms with van der Waals surface area (Å²) in [4.78, 5) is 14.7. The summed E-state index contributed by atoms with van der Waals surface area (Å²) in [5, 5.41) is 18.4. The Morgan fingerprint density at radius 2 is 2.00 bits per heavy atom. The highest BCUT2D eigenvalue weighted by Gasteiger charge is 2.19. The van der Waals surface area contributed by atoms with Gasteiger partial charge in [-0.2, -0.15) is 0 Å². The Morgan fingerprint density at radius 1 is 1.43 bits per heavy atom. The van der Waals surface area contributed by atoms with Crippen LogP contribution in [0.1, 0.15) is 35.6 Å². The van der Waals surface area contributed by atoms with Gasteiger partial charge in [0, 0.05) is 0 Å². The summed E-state index contributed by atoms with van der Waals surface area (Å²) < 4.78 is 0. The number of aliphatic hydroxyl groups is 1. The average molecular weight is 195 g/mol. The lowest BCUT2D eigenvalue weighted by molar-refractivity contribution is 0.0682. The van der Waals surface area contributed by atoms with Gasteiger partial charge in [0.05, 0.1) is 17.0 Å². The summed E-state index contributed by atoms with van der Waals surface area (Å²) in [6.45, 7) is 4.82. The molecular weight excluding hydrogens is 182 g/mol. The number of carboxylic acids is 1. The normalized spacial score (nSPS) is 11.4. The molecule has 1 heterocycles. The lowest BCUT2D eigenvalue weighted by Gasteiger charge is -2.17. The second kappa shape index (κ2) is 3.38. The molecule has 0 spiro atoms. The molecule has 0 atom stereocenters. The van der Waals surface area contributed by atoms with Crippen molar-refractivity contribution in [2.45, 2.75) is 26.4 Å². The van der Waals surface area contributed by atoms with E-state index < -0.39 is 11.6 Å². The summed E-state index contributed by atoms with van der Waals surface area (Å²) in [5.74, 6) is -1.00. The second-order valence-corrected chi connectivity index (χ2v) is 3.69. The first-order chi connectivity index (χ1) is 6.32. The molecule has 0 radical (unpaired) electrons. The molecule has 1 aromatic heterocycles. The van der Waals surface area contributed by atoms with E-state index in [0.29, 0.717) is 11.4 Å². The summed E-state index contributed by atoms with van der Waals surface area (Å²) in [7, 11) is 0. The highest BCUT2D eigenvalue weighted by atomic mass is 16.4. The first kappa shape index (κ1) is 10.7. The first-order valence-corrected chi connectivity index (χ1v) is 4.26. The Balaban J connectivity index is 3.20. The third-order valence-electron chi connectivity index (χ3n) is 1.94. The molecule has 76 valence electrons. The molecule has 0 aromatic carbocycles. The minimum atomic E-state index is -1.04. The van der Waals surface area contributed by atoms with E-state index in [1.165, 1.54) is 12.1 Å². The van der Waals surface area contributed by atoms with E-state index in [2.05, 4.69) is 4.98 Å². The zero-order chi connectivity index (χ0) is 10.9. The fourth-order valence-corrected chi connectivity index (χ4v) is 1.13. The molecule has 0 aliphatic carbocycles. The van der Waals surface area contributed by atoms with Crippen LogP contribution in [0.3, 0.4) is 0 Å². The molecule has 1 aromatic rings. The lowest BCUT2D eigenvalue weighted by Crippen LogP contribution is -2.18. The molecule has 4 nitrogen and oxygen atoms in total. The van der Waals surface area contributed by atoms with Gasteiger partial charge in [0.15, 0.2) is 0 Å². The van der Waals surface area contributed by atoms with Gasteiger partial charge in [-0.3, -0.25) is 4.98 Å². The van der Waals surface area contributed by atoms with Crippen LogP contribution in [0.5, 0.6) is 0 Å². The van der Waals surface area contributed by atoms with E-state index >= 15 is 0 Å². The highest BCUT2D eigenvalue weighted by Crippen LogP contribution is 2.18. The predicted molar refractivity (Wildman–Crippen MR) is 51.2 cm³/mol. The highest BCUT2D eigenvalue weighted by molar-refractivity contribution is 5.88. The monoisotopic (exact) mass is 195 g/mol. The SMILES string of the molecule is Cc1nc(C(C)(C)O)ccc1C(=O)O. The molecule has 0 saturated heterocycles. The second-order valence-electron chi connectivity index (χ2n) is 3.69. The zero-order valence-corrected chi connectivity index (χ0v) is 8.40. The van der Waals surface area contributed by atoms with Gasteiger partial charge in [-0.1, -0.05) is 0 Å². The van der Waals surface area contributed by atoms with Gasteiger partial charge in [-0.25, -0.2) is 4.79 Å². The van der Waals surface area contributed by atoms with Crippen LogP contribution in [-0.2, 0) is 5.60 Å². The Hall–Kier alpha value is -1.42. The van der Waals surface area contributed by atoms with E-state index in [9.17, 15) is 9.90 Å². The van der Waals surface area contributed by atoms with Crippen molar-refractivity contribution >= 4 is 5.97 Å². The minimum absolute atomic E-state index is 0.165. The van der Waals surface area contributed by atoms with Crippen molar-refractivity contribution in [3.05, 3.63) is 29.1 Å². The van der Waals surface area contributed by atoms with E-state index in [4.69, 9.17) is 5.11 Å². The van der Waals surface area contributed by atoms with Crippen LogP contribution in [0.4, 0.5) is 0 Å². The van der Waals surface area contributed by atoms with Gasteiger partial charge in [0.25, 0.3) is 0 Å². The van der Waals surface area contributed by atoms with Gasteiger partial charge in [-0.05, 0) is 32.9 Å². The molecule has 0 amide bonds. The Bertz CT molecular complexity index is 366. The molecule has 14 heavy (non-hydrogen) atoms. The van der Waals surface area contributed by atoms with Crippen molar-refractivity contribution in [3.63, 3.8) is 0 Å². The zero-order valence-electron chi connectivity index (χ0n) is 8.40. The Morgan fingerprint density at radius 3 is 2.36 bits per heavy atom. The average Bonchev–Trinajstić information content (AvgIpc) is 2.01. The fourth-order valence-electron chi connectivity index (χ4n) is 1.13. The predicted octanol–water partition coefficient (Wildman–Crippen LogP) is 1.32. The van der Waals surface area contributed by atoms with Gasteiger partial charge in [0.1, 0.15) is 5.60 Å². The smallest absolute Gasteiger partial charge is 0.337 e. The lowest BCUT2D eigenvalue weighted by atomic mass is 10.0. The van der Waals surface area contributed by atoms with Crippen LogP contribution in [0.15, 0.2) is 12.1 Å². The molecular formula is C10H13NO3. The van der Waals surface area contributed by atoms with Crippen LogP contribution >= 0.6 is 0 Å². The molecule has 0 fully saturated rings. The number of hydrogen-bond acceptors (Lipinski definition) is 3. The van der Waals surface area contributed by atoms with E-state index in [-0.39, 0.29) is 5.56 Å². The summed E-state index contributed by atoms with van der Waals surface area (Å²) in [5.41, 5.74) is 0.0112. The van der Waals surface area contributed by atoms with Gasteiger partial charge in [0.2, 0.25) is 0 Å². The fraction of sp³-hybridized carbons (Fsp3) is 0.400. The number of pyridine rings is 1.